The third-order valence-electron chi connectivity index (χ3n) is 3.53. The highest BCUT2D eigenvalue weighted by molar-refractivity contribution is 5.48. The van der Waals surface area contributed by atoms with Crippen molar-refractivity contribution >= 4 is 5.69 Å². The average Bonchev–Trinajstić information content (AvgIpc) is 2.46. The third kappa shape index (κ3) is 3.35. The van der Waals surface area contributed by atoms with Crippen molar-refractivity contribution in [3.8, 4) is 5.88 Å². The molecule has 1 atom stereocenters. The first-order valence-corrected chi connectivity index (χ1v) is 6.82. The highest BCUT2D eigenvalue weighted by Crippen LogP contribution is 2.19. The SMILES string of the molecule is CCN(CC1CCCCN1)c1ccnc(OC)c1. The topological polar surface area (TPSA) is 37.4 Å². The Labute approximate surface area is 109 Å². The summed E-state index contributed by atoms with van der Waals surface area (Å²) in [6.07, 6.45) is 5.74. The molecule has 1 aromatic rings. The van der Waals surface area contributed by atoms with Crippen LogP contribution in [-0.2, 0) is 0 Å². The number of rotatable bonds is 5. The summed E-state index contributed by atoms with van der Waals surface area (Å²) in [6, 6.07) is 4.67. The summed E-state index contributed by atoms with van der Waals surface area (Å²) in [5.74, 6) is 0.683. The van der Waals surface area contributed by atoms with Gasteiger partial charge in [-0.25, -0.2) is 4.98 Å². The lowest BCUT2D eigenvalue weighted by Gasteiger charge is -2.31. The number of pyridine rings is 1. The van der Waals surface area contributed by atoms with Gasteiger partial charge in [0.25, 0.3) is 0 Å². The van der Waals surface area contributed by atoms with Gasteiger partial charge in [0, 0.05) is 37.1 Å². The van der Waals surface area contributed by atoms with Gasteiger partial charge in [-0.3, -0.25) is 0 Å². The van der Waals surface area contributed by atoms with Crippen molar-refractivity contribution < 1.29 is 4.74 Å². The first-order valence-electron chi connectivity index (χ1n) is 6.82. The van der Waals surface area contributed by atoms with Crippen LogP contribution in [0.15, 0.2) is 18.3 Å². The predicted octanol–water partition coefficient (Wildman–Crippen LogP) is 2.06. The van der Waals surface area contributed by atoms with Crippen molar-refractivity contribution in [3.05, 3.63) is 18.3 Å². The Balaban J connectivity index is 2.02. The molecule has 0 bridgehead atoms. The molecule has 2 rings (SSSR count). The molecule has 0 spiro atoms. The Morgan fingerprint density at radius 1 is 1.50 bits per heavy atom. The van der Waals surface area contributed by atoms with E-state index in [-0.39, 0.29) is 0 Å². The number of nitrogens with zero attached hydrogens (tertiary/aromatic N) is 2. The molecular formula is C14H23N3O. The van der Waals surface area contributed by atoms with Gasteiger partial charge in [0.1, 0.15) is 0 Å². The van der Waals surface area contributed by atoms with Crippen LogP contribution in [0.4, 0.5) is 5.69 Å². The number of hydrogen-bond donors (Lipinski definition) is 1. The fourth-order valence-corrected chi connectivity index (χ4v) is 2.47. The van der Waals surface area contributed by atoms with E-state index >= 15 is 0 Å². The van der Waals surface area contributed by atoms with E-state index in [9.17, 15) is 0 Å². The highest BCUT2D eigenvalue weighted by Gasteiger charge is 2.16. The maximum Gasteiger partial charge on any atom is 0.214 e. The van der Waals surface area contributed by atoms with E-state index < -0.39 is 0 Å². The van der Waals surface area contributed by atoms with Crippen LogP contribution in [-0.4, -0.2) is 37.8 Å². The number of hydrogen-bond acceptors (Lipinski definition) is 4. The van der Waals surface area contributed by atoms with Crippen LogP contribution in [0.2, 0.25) is 0 Å². The van der Waals surface area contributed by atoms with Gasteiger partial charge in [0.05, 0.1) is 7.11 Å². The quantitative estimate of drug-likeness (QED) is 0.866. The molecule has 0 radical (unpaired) electrons. The zero-order valence-corrected chi connectivity index (χ0v) is 11.4. The van der Waals surface area contributed by atoms with Gasteiger partial charge in [0.15, 0.2) is 0 Å². The van der Waals surface area contributed by atoms with E-state index in [2.05, 4.69) is 28.2 Å². The van der Waals surface area contributed by atoms with E-state index in [0.717, 1.165) is 19.6 Å². The number of anilines is 1. The normalized spacial score (nSPS) is 19.6. The molecule has 0 amide bonds. The van der Waals surface area contributed by atoms with Crippen LogP contribution >= 0.6 is 0 Å². The van der Waals surface area contributed by atoms with Crippen molar-refractivity contribution in [2.45, 2.75) is 32.2 Å². The Hall–Kier alpha value is -1.29. The number of piperidine rings is 1. The second-order valence-corrected chi connectivity index (χ2v) is 4.74. The Kier molecular flexibility index (Phi) is 4.81. The van der Waals surface area contributed by atoms with Crippen LogP contribution in [0.3, 0.4) is 0 Å². The summed E-state index contributed by atoms with van der Waals surface area (Å²) in [7, 11) is 1.66. The van der Waals surface area contributed by atoms with Crippen LogP contribution in [0.25, 0.3) is 0 Å². The van der Waals surface area contributed by atoms with Crippen LogP contribution in [0, 0.1) is 0 Å². The minimum absolute atomic E-state index is 0.609. The minimum atomic E-state index is 0.609. The van der Waals surface area contributed by atoms with Crippen molar-refractivity contribution in [3.63, 3.8) is 0 Å². The summed E-state index contributed by atoms with van der Waals surface area (Å²) in [5.41, 5.74) is 1.19. The first kappa shape index (κ1) is 13.1. The second-order valence-electron chi connectivity index (χ2n) is 4.74. The van der Waals surface area contributed by atoms with Crippen molar-refractivity contribution in [2.24, 2.45) is 0 Å². The van der Waals surface area contributed by atoms with Crippen LogP contribution in [0.1, 0.15) is 26.2 Å². The number of likely N-dealkylation sites (N-methyl/N-ethyl adjacent to an activating group) is 1. The van der Waals surface area contributed by atoms with Gasteiger partial charge in [0.2, 0.25) is 5.88 Å². The summed E-state index contributed by atoms with van der Waals surface area (Å²) in [6.45, 7) is 5.41. The van der Waals surface area contributed by atoms with Gasteiger partial charge >= 0.3 is 0 Å². The van der Waals surface area contributed by atoms with E-state index in [1.165, 1.54) is 24.9 Å². The molecule has 1 aromatic heterocycles. The fourth-order valence-electron chi connectivity index (χ4n) is 2.47. The van der Waals surface area contributed by atoms with Crippen molar-refractivity contribution in [2.75, 3.05) is 31.6 Å². The van der Waals surface area contributed by atoms with E-state index in [1.807, 2.05) is 12.3 Å². The molecule has 1 fully saturated rings. The molecule has 18 heavy (non-hydrogen) atoms. The second kappa shape index (κ2) is 6.59. The maximum atomic E-state index is 5.19. The molecule has 0 aliphatic carbocycles. The lowest BCUT2D eigenvalue weighted by atomic mass is 10.0. The number of ether oxygens (including phenoxy) is 1. The van der Waals surface area contributed by atoms with E-state index in [1.54, 1.807) is 7.11 Å². The molecule has 1 N–H and O–H groups in total. The molecular weight excluding hydrogens is 226 g/mol. The molecule has 0 saturated carbocycles. The van der Waals surface area contributed by atoms with E-state index in [0.29, 0.717) is 11.9 Å². The molecule has 2 heterocycles. The summed E-state index contributed by atoms with van der Waals surface area (Å²) < 4.78 is 5.19. The van der Waals surface area contributed by atoms with Crippen molar-refractivity contribution in [1.82, 2.24) is 10.3 Å². The molecule has 4 heteroatoms. The third-order valence-corrected chi connectivity index (χ3v) is 3.53. The lowest BCUT2D eigenvalue weighted by Crippen LogP contribution is -2.43. The number of methoxy groups -OCH3 is 1. The van der Waals surface area contributed by atoms with Gasteiger partial charge in [-0.1, -0.05) is 6.42 Å². The molecule has 1 aliphatic heterocycles. The molecule has 1 unspecified atom stereocenters. The standard InChI is InChI=1S/C14H23N3O/c1-3-17(11-12-6-4-5-8-15-12)13-7-9-16-14(10-13)18-2/h7,9-10,12,15H,3-6,8,11H2,1-2H3. The number of nitrogens with one attached hydrogen (secondary N) is 1. The molecule has 1 aliphatic rings. The van der Waals surface area contributed by atoms with Gasteiger partial charge in [-0.2, -0.15) is 0 Å². The predicted molar refractivity (Wildman–Crippen MR) is 74.3 cm³/mol. The largest absolute Gasteiger partial charge is 0.481 e. The first-order chi connectivity index (χ1) is 8.83. The summed E-state index contributed by atoms with van der Waals surface area (Å²) in [5, 5.41) is 3.59. The molecule has 100 valence electrons. The fraction of sp³-hybridized carbons (Fsp3) is 0.643. The lowest BCUT2D eigenvalue weighted by molar-refractivity contribution is 0.394. The van der Waals surface area contributed by atoms with Crippen molar-refractivity contribution in [1.29, 1.82) is 0 Å². The highest BCUT2D eigenvalue weighted by atomic mass is 16.5. The zero-order chi connectivity index (χ0) is 12.8. The molecule has 1 saturated heterocycles. The Morgan fingerprint density at radius 2 is 2.39 bits per heavy atom. The van der Waals surface area contributed by atoms with E-state index in [4.69, 9.17) is 4.74 Å². The molecule has 0 aromatic carbocycles. The zero-order valence-electron chi connectivity index (χ0n) is 11.4. The Bertz CT molecular complexity index is 364. The average molecular weight is 249 g/mol. The smallest absolute Gasteiger partial charge is 0.214 e. The number of aromatic nitrogens is 1. The monoisotopic (exact) mass is 249 g/mol. The van der Waals surface area contributed by atoms with Crippen LogP contribution < -0.4 is 15.0 Å². The van der Waals surface area contributed by atoms with Gasteiger partial charge in [-0.15, -0.1) is 0 Å². The summed E-state index contributed by atoms with van der Waals surface area (Å²) >= 11 is 0. The summed E-state index contributed by atoms with van der Waals surface area (Å²) in [4.78, 5) is 6.54. The maximum absolute atomic E-state index is 5.19. The Morgan fingerprint density at radius 3 is 3.06 bits per heavy atom. The van der Waals surface area contributed by atoms with Gasteiger partial charge < -0.3 is 15.0 Å². The molecule has 4 nitrogen and oxygen atoms in total. The van der Waals surface area contributed by atoms with Crippen LogP contribution in [0.5, 0.6) is 5.88 Å². The van der Waals surface area contributed by atoms with Gasteiger partial charge in [-0.05, 0) is 32.4 Å². The minimum Gasteiger partial charge on any atom is -0.481 e.